The first-order chi connectivity index (χ1) is 15.4. The molecule has 0 saturated carbocycles. The molecule has 1 aromatic carbocycles. The summed E-state index contributed by atoms with van der Waals surface area (Å²) in [5.41, 5.74) is 3.57. The maximum absolute atomic E-state index is 12.6. The standard InChI is InChI=1S/C25H35N5O2/c1-18(2)30-15-12-22-21(16-20(17-30)25(31)32-5)24(26-13-9-14-29(3)4)28-23(27-22)19-10-7-6-8-11-19/h6-8,10-11,17-18H,9,12-16H2,1-5H3,(H,26,27,28). The van der Waals surface area contributed by atoms with Crippen molar-refractivity contribution in [2.75, 3.05) is 46.2 Å². The van der Waals surface area contributed by atoms with E-state index in [4.69, 9.17) is 14.7 Å². The second kappa shape index (κ2) is 11.1. The number of methoxy groups -OCH3 is 1. The van der Waals surface area contributed by atoms with Crippen LogP contribution in [-0.4, -0.2) is 72.6 Å². The lowest BCUT2D eigenvalue weighted by molar-refractivity contribution is -0.136. The molecule has 1 N–H and O–H groups in total. The van der Waals surface area contributed by atoms with Gasteiger partial charge in [-0.05, 0) is 40.9 Å². The summed E-state index contributed by atoms with van der Waals surface area (Å²) in [7, 11) is 5.57. The number of ether oxygens (including phenoxy) is 1. The highest BCUT2D eigenvalue weighted by Crippen LogP contribution is 2.28. The molecule has 1 aliphatic rings. The van der Waals surface area contributed by atoms with Gasteiger partial charge in [-0.1, -0.05) is 30.3 Å². The molecule has 0 amide bonds. The number of fused-ring (bicyclic) bond motifs is 1. The Morgan fingerprint density at radius 1 is 1.22 bits per heavy atom. The maximum atomic E-state index is 12.6. The Bertz CT molecular complexity index is 941. The van der Waals surface area contributed by atoms with Crippen LogP contribution in [0.4, 0.5) is 5.82 Å². The maximum Gasteiger partial charge on any atom is 0.335 e. The van der Waals surface area contributed by atoms with Gasteiger partial charge in [0.05, 0.1) is 18.4 Å². The normalized spacial score (nSPS) is 14.0. The van der Waals surface area contributed by atoms with E-state index in [9.17, 15) is 4.79 Å². The van der Waals surface area contributed by atoms with E-state index in [-0.39, 0.29) is 12.0 Å². The SMILES string of the molecule is COC(=O)C1=CN(C(C)C)CCc2nc(-c3ccccc3)nc(NCCCN(C)C)c2C1. The minimum absolute atomic E-state index is 0.273. The number of benzene rings is 1. The van der Waals surface area contributed by atoms with E-state index in [0.717, 1.165) is 55.1 Å². The highest BCUT2D eigenvalue weighted by atomic mass is 16.5. The average molecular weight is 438 g/mol. The van der Waals surface area contributed by atoms with Crippen LogP contribution in [-0.2, 0) is 22.4 Å². The average Bonchev–Trinajstić information content (AvgIpc) is 2.77. The number of esters is 1. The van der Waals surface area contributed by atoms with Crippen LogP contribution in [0.5, 0.6) is 0 Å². The van der Waals surface area contributed by atoms with Crippen molar-refractivity contribution >= 4 is 11.8 Å². The highest BCUT2D eigenvalue weighted by Gasteiger charge is 2.24. The number of rotatable bonds is 8. The van der Waals surface area contributed by atoms with Gasteiger partial charge in [0, 0.05) is 49.3 Å². The van der Waals surface area contributed by atoms with Crippen molar-refractivity contribution in [3.63, 3.8) is 0 Å². The Morgan fingerprint density at radius 2 is 1.97 bits per heavy atom. The predicted molar refractivity (Wildman–Crippen MR) is 128 cm³/mol. The van der Waals surface area contributed by atoms with E-state index < -0.39 is 0 Å². The molecule has 0 bridgehead atoms. The summed E-state index contributed by atoms with van der Waals surface area (Å²) in [5, 5.41) is 3.53. The summed E-state index contributed by atoms with van der Waals surface area (Å²) in [5.74, 6) is 1.20. The van der Waals surface area contributed by atoms with Crippen LogP contribution in [0.2, 0.25) is 0 Å². The first-order valence-corrected chi connectivity index (χ1v) is 11.3. The van der Waals surface area contributed by atoms with Crippen molar-refractivity contribution in [1.82, 2.24) is 19.8 Å². The van der Waals surface area contributed by atoms with Gasteiger partial charge < -0.3 is 19.9 Å². The van der Waals surface area contributed by atoms with Crippen LogP contribution in [0.3, 0.4) is 0 Å². The van der Waals surface area contributed by atoms with Crippen LogP contribution in [0, 0.1) is 0 Å². The molecule has 3 rings (SSSR count). The van der Waals surface area contributed by atoms with Gasteiger partial charge in [0.25, 0.3) is 0 Å². The third-order valence-corrected chi connectivity index (χ3v) is 5.61. The van der Waals surface area contributed by atoms with Crippen molar-refractivity contribution < 1.29 is 9.53 Å². The smallest absolute Gasteiger partial charge is 0.335 e. The van der Waals surface area contributed by atoms with E-state index in [2.05, 4.69) is 43.1 Å². The fraction of sp³-hybridized carbons (Fsp3) is 0.480. The van der Waals surface area contributed by atoms with Crippen molar-refractivity contribution in [1.29, 1.82) is 0 Å². The number of carbonyl (C=O) groups excluding carboxylic acids is 1. The van der Waals surface area contributed by atoms with Gasteiger partial charge >= 0.3 is 5.97 Å². The number of anilines is 1. The topological polar surface area (TPSA) is 70.6 Å². The quantitative estimate of drug-likeness (QED) is 0.501. The Hall–Kier alpha value is -2.93. The molecular weight excluding hydrogens is 402 g/mol. The summed E-state index contributed by atoms with van der Waals surface area (Å²) in [6, 6.07) is 10.3. The fourth-order valence-electron chi connectivity index (χ4n) is 3.79. The molecule has 0 unspecified atom stereocenters. The van der Waals surface area contributed by atoms with Gasteiger partial charge in [0.1, 0.15) is 5.82 Å². The third-order valence-electron chi connectivity index (χ3n) is 5.61. The molecule has 0 aliphatic carbocycles. The zero-order valence-corrected chi connectivity index (χ0v) is 19.9. The van der Waals surface area contributed by atoms with Crippen LogP contribution in [0.25, 0.3) is 11.4 Å². The summed E-state index contributed by atoms with van der Waals surface area (Å²) in [6.45, 7) is 6.81. The molecule has 0 radical (unpaired) electrons. The van der Waals surface area contributed by atoms with E-state index in [1.807, 2.05) is 36.5 Å². The second-order valence-corrected chi connectivity index (χ2v) is 8.67. The molecule has 7 nitrogen and oxygen atoms in total. The lowest BCUT2D eigenvalue weighted by Crippen LogP contribution is -2.31. The third kappa shape index (κ3) is 6.07. The Balaban J connectivity index is 2.03. The Kier molecular flexibility index (Phi) is 8.22. The lowest BCUT2D eigenvalue weighted by atomic mass is 9.99. The summed E-state index contributed by atoms with van der Waals surface area (Å²) in [4.78, 5) is 26.8. The molecule has 0 spiro atoms. The van der Waals surface area contributed by atoms with E-state index in [0.29, 0.717) is 17.8 Å². The number of nitrogens with one attached hydrogen (secondary N) is 1. The first kappa shape index (κ1) is 23.7. The lowest BCUT2D eigenvalue weighted by Gasteiger charge is -2.29. The van der Waals surface area contributed by atoms with Crippen molar-refractivity contribution in [3.8, 4) is 11.4 Å². The van der Waals surface area contributed by atoms with Crippen molar-refractivity contribution in [2.24, 2.45) is 0 Å². The Morgan fingerprint density at radius 3 is 2.62 bits per heavy atom. The number of carbonyl (C=O) groups is 1. The molecule has 172 valence electrons. The summed E-state index contributed by atoms with van der Waals surface area (Å²) in [6.07, 6.45) is 4.16. The van der Waals surface area contributed by atoms with Gasteiger partial charge in [-0.3, -0.25) is 0 Å². The predicted octanol–water partition coefficient (Wildman–Crippen LogP) is 3.37. The zero-order valence-electron chi connectivity index (χ0n) is 19.9. The van der Waals surface area contributed by atoms with Gasteiger partial charge in [-0.2, -0.15) is 0 Å². The van der Waals surface area contributed by atoms with Crippen molar-refractivity contribution in [2.45, 2.75) is 39.2 Å². The van der Waals surface area contributed by atoms with Gasteiger partial charge in [0.15, 0.2) is 5.82 Å². The van der Waals surface area contributed by atoms with E-state index in [1.165, 1.54) is 7.11 Å². The molecule has 2 aromatic rings. The van der Waals surface area contributed by atoms with Crippen molar-refractivity contribution in [3.05, 3.63) is 53.4 Å². The van der Waals surface area contributed by atoms with Gasteiger partial charge in [0.2, 0.25) is 0 Å². The highest BCUT2D eigenvalue weighted by molar-refractivity contribution is 5.89. The molecule has 32 heavy (non-hydrogen) atoms. The fourth-order valence-corrected chi connectivity index (χ4v) is 3.79. The van der Waals surface area contributed by atoms with Crippen LogP contribution >= 0.6 is 0 Å². The minimum Gasteiger partial charge on any atom is -0.466 e. The molecule has 1 aromatic heterocycles. The molecule has 7 heteroatoms. The number of hydrogen-bond donors (Lipinski definition) is 1. The monoisotopic (exact) mass is 437 g/mol. The second-order valence-electron chi connectivity index (χ2n) is 8.67. The number of nitrogens with zero attached hydrogens (tertiary/aromatic N) is 4. The zero-order chi connectivity index (χ0) is 23.1. The van der Waals surface area contributed by atoms with Gasteiger partial charge in [-0.25, -0.2) is 14.8 Å². The minimum atomic E-state index is -0.311. The molecular formula is C25H35N5O2. The molecule has 0 atom stereocenters. The number of aromatic nitrogens is 2. The molecule has 2 heterocycles. The largest absolute Gasteiger partial charge is 0.466 e. The summed E-state index contributed by atoms with van der Waals surface area (Å²) < 4.78 is 5.09. The van der Waals surface area contributed by atoms with E-state index >= 15 is 0 Å². The summed E-state index contributed by atoms with van der Waals surface area (Å²) >= 11 is 0. The van der Waals surface area contributed by atoms with Crippen LogP contribution < -0.4 is 5.32 Å². The molecule has 0 saturated heterocycles. The Labute approximate surface area is 191 Å². The molecule has 1 aliphatic heterocycles. The first-order valence-electron chi connectivity index (χ1n) is 11.3. The van der Waals surface area contributed by atoms with Gasteiger partial charge in [-0.15, -0.1) is 0 Å². The molecule has 0 fully saturated rings. The van der Waals surface area contributed by atoms with Crippen LogP contribution in [0.15, 0.2) is 42.1 Å². The van der Waals surface area contributed by atoms with Crippen LogP contribution in [0.1, 0.15) is 31.5 Å². The number of hydrogen-bond acceptors (Lipinski definition) is 7. The van der Waals surface area contributed by atoms with E-state index in [1.54, 1.807) is 0 Å².